The van der Waals surface area contributed by atoms with E-state index in [0.29, 0.717) is 5.92 Å². The third kappa shape index (κ3) is 7.26. The first-order valence-corrected chi connectivity index (χ1v) is 10.3. The lowest BCUT2D eigenvalue weighted by Crippen LogP contribution is -2.02. The molecule has 0 aliphatic heterocycles. The van der Waals surface area contributed by atoms with Crippen LogP contribution in [0.5, 0.6) is 11.5 Å². The molecule has 2 aromatic carbocycles. The highest BCUT2D eigenvalue weighted by Crippen LogP contribution is 2.32. The van der Waals surface area contributed by atoms with Crippen LogP contribution in [0.15, 0.2) is 48.5 Å². The molecular formula is C24H35NO2. The maximum absolute atomic E-state index is 5.56. The Labute approximate surface area is 164 Å². The second kappa shape index (κ2) is 12.4. The van der Waals surface area contributed by atoms with Gasteiger partial charge >= 0.3 is 0 Å². The van der Waals surface area contributed by atoms with Crippen LogP contribution in [-0.4, -0.2) is 20.8 Å². The van der Waals surface area contributed by atoms with Crippen LogP contribution in [-0.2, 0) is 0 Å². The fraction of sp³-hybridized carbons (Fsp3) is 0.500. The summed E-state index contributed by atoms with van der Waals surface area (Å²) < 4.78 is 10.6. The topological polar surface area (TPSA) is 44.5 Å². The molecule has 0 radical (unpaired) electrons. The standard InChI is InChI=1S/C24H35NO2/c1-26-22-15-11-20(12-16-22)24(21-13-17-23(27-2)18-14-21)10-8-6-4-3-5-7-9-19-25/h11-18,24H,3-10,19,25H2,1-2H3. The van der Waals surface area contributed by atoms with E-state index in [1.807, 2.05) is 0 Å². The van der Waals surface area contributed by atoms with E-state index in [1.54, 1.807) is 14.2 Å². The molecule has 0 unspecified atom stereocenters. The second-order valence-electron chi connectivity index (χ2n) is 7.15. The summed E-state index contributed by atoms with van der Waals surface area (Å²) in [4.78, 5) is 0. The minimum Gasteiger partial charge on any atom is -0.497 e. The molecule has 0 saturated carbocycles. The molecule has 0 spiro atoms. The van der Waals surface area contributed by atoms with Crippen molar-refractivity contribution in [3.8, 4) is 11.5 Å². The third-order valence-electron chi connectivity index (χ3n) is 5.23. The van der Waals surface area contributed by atoms with Gasteiger partial charge in [-0.3, -0.25) is 0 Å². The molecule has 0 aliphatic carbocycles. The number of hydrogen-bond acceptors (Lipinski definition) is 3. The zero-order valence-electron chi connectivity index (χ0n) is 17.0. The Morgan fingerprint density at radius 1 is 0.630 bits per heavy atom. The average Bonchev–Trinajstić information content (AvgIpc) is 2.73. The molecule has 27 heavy (non-hydrogen) atoms. The molecule has 148 valence electrons. The summed E-state index contributed by atoms with van der Waals surface area (Å²) >= 11 is 0. The summed E-state index contributed by atoms with van der Waals surface area (Å²) in [6.07, 6.45) is 10.1. The van der Waals surface area contributed by atoms with E-state index in [1.165, 1.54) is 56.1 Å². The molecular weight excluding hydrogens is 334 g/mol. The van der Waals surface area contributed by atoms with Gasteiger partial charge in [-0.25, -0.2) is 0 Å². The van der Waals surface area contributed by atoms with Crippen molar-refractivity contribution in [1.29, 1.82) is 0 Å². The molecule has 2 rings (SSSR count). The van der Waals surface area contributed by atoms with Crippen molar-refractivity contribution in [1.82, 2.24) is 0 Å². The van der Waals surface area contributed by atoms with Crippen LogP contribution in [0.4, 0.5) is 0 Å². The summed E-state index contributed by atoms with van der Waals surface area (Å²) in [5.41, 5.74) is 8.26. The van der Waals surface area contributed by atoms with Crippen LogP contribution in [0.25, 0.3) is 0 Å². The Bertz CT molecular complexity index is 574. The fourth-order valence-corrected chi connectivity index (χ4v) is 3.57. The molecule has 2 aromatic rings. The van der Waals surface area contributed by atoms with E-state index >= 15 is 0 Å². The number of rotatable bonds is 13. The smallest absolute Gasteiger partial charge is 0.118 e. The van der Waals surface area contributed by atoms with Crippen LogP contribution >= 0.6 is 0 Å². The number of unbranched alkanes of at least 4 members (excludes halogenated alkanes) is 6. The first-order chi connectivity index (χ1) is 13.3. The van der Waals surface area contributed by atoms with Crippen LogP contribution in [0.2, 0.25) is 0 Å². The first kappa shape index (κ1) is 21.3. The highest BCUT2D eigenvalue weighted by Gasteiger charge is 2.14. The number of ether oxygens (including phenoxy) is 2. The largest absolute Gasteiger partial charge is 0.497 e. The van der Waals surface area contributed by atoms with E-state index in [4.69, 9.17) is 15.2 Å². The highest BCUT2D eigenvalue weighted by atomic mass is 16.5. The predicted molar refractivity (Wildman–Crippen MR) is 114 cm³/mol. The van der Waals surface area contributed by atoms with Crippen LogP contribution < -0.4 is 15.2 Å². The third-order valence-corrected chi connectivity index (χ3v) is 5.23. The van der Waals surface area contributed by atoms with Crippen LogP contribution in [0.1, 0.15) is 68.4 Å². The minimum absolute atomic E-state index is 0.416. The lowest BCUT2D eigenvalue weighted by Gasteiger charge is -2.19. The van der Waals surface area contributed by atoms with Crippen molar-refractivity contribution in [3.05, 3.63) is 59.7 Å². The molecule has 3 nitrogen and oxygen atoms in total. The molecule has 0 atom stereocenters. The number of nitrogens with two attached hydrogens (primary N) is 1. The van der Waals surface area contributed by atoms with Gasteiger partial charge in [0.15, 0.2) is 0 Å². The Morgan fingerprint density at radius 2 is 1.04 bits per heavy atom. The van der Waals surface area contributed by atoms with E-state index in [2.05, 4.69) is 48.5 Å². The summed E-state index contributed by atoms with van der Waals surface area (Å²) in [7, 11) is 3.42. The molecule has 2 N–H and O–H groups in total. The Kier molecular flexibility index (Phi) is 9.78. The van der Waals surface area contributed by atoms with Crippen molar-refractivity contribution in [3.63, 3.8) is 0 Å². The minimum atomic E-state index is 0.416. The maximum atomic E-state index is 5.56. The van der Waals surface area contributed by atoms with E-state index < -0.39 is 0 Å². The molecule has 0 bridgehead atoms. The summed E-state index contributed by atoms with van der Waals surface area (Å²) in [5.74, 6) is 2.23. The van der Waals surface area contributed by atoms with Gasteiger partial charge in [-0.2, -0.15) is 0 Å². The van der Waals surface area contributed by atoms with E-state index in [9.17, 15) is 0 Å². The van der Waals surface area contributed by atoms with Gasteiger partial charge in [0.2, 0.25) is 0 Å². The van der Waals surface area contributed by atoms with Gasteiger partial charge in [-0.1, -0.05) is 62.8 Å². The van der Waals surface area contributed by atoms with Gasteiger partial charge in [0.1, 0.15) is 11.5 Å². The van der Waals surface area contributed by atoms with Gasteiger partial charge < -0.3 is 15.2 Å². The quantitative estimate of drug-likeness (QED) is 0.446. The normalized spacial score (nSPS) is 11.0. The Morgan fingerprint density at radius 3 is 1.44 bits per heavy atom. The molecule has 0 amide bonds. The Hall–Kier alpha value is -2.00. The highest BCUT2D eigenvalue weighted by molar-refractivity contribution is 5.38. The summed E-state index contributed by atoms with van der Waals surface area (Å²) in [6.45, 7) is 0.825. The number of hydrogen-bond donors (Lipinski definition) is 1. The molecule has 3 heteroatoms. The summed E-state index contributed by atoms with van der Waals surface area (Å²) in [5, 5.41) is 0. The predicted octanol–water partition coefficient (Wildman–Crippen LogP) is 5.92. The molecule has 0 fully saturated rings. The zero-order valence-corrected chi connectivity index (χ0v) is 17.0. The van der Waals surface area contributed by atoms with E-state index in [-0.39, 0.29) is 0 Å². The average molecular weight is 370 g/mol. The fourth-order valence-electron chi connectivity index (χ4n) is 3.57. The lowest BCUT2D eigenvalue weighted by atomic mass is 9.86. The van der Waals surface area contributed by atoms with Gasteiger partial charge in [-0.05, 0) is 54.8 Å². The van der Waals surface area contributed by atoms with Gasteiger partial charge in [0.05, 0.1) is 14.2 Å². The number of methoxy groups -OCH3 is 2. The first-order valence-electron chi connectivity index (χ1n) is 10.3. The van der Waals surface area contributed by atoms with Gasteiger partial charge in [-0.15, -0.1) is 0 Å². The monoisotopic (exact) mass is 369 g/mol. The zero-order chi connectivity index (χ0) is 19.3. The van der Waals surface area contributed by atoms with Crippen LogP contribution in [0.3, 0.4) is 0 Å². The second-order valence-corrected chi connectivity index (χ2v) is 7.15. The van der Waals surface area contributed by atoms with Crippen molar-refractivity contribution in [2.45, 2.75) is 57.3 Å². The molecule has 0 aromatic heterocycles. The Balaban J connectivity index is 1.94. The molecule has 0 heterocycles. The SMILES string of the molecule is COc1ccc(C(CCCCCCCCCN)c2ccc(OC)cc2)cc1. The van der Waals surface area contributed by atoms with Crippen molar-refractivity contribution < 1.29 is 9.47 Å². The molecule has 0 saturated heterocycles. The van der Waals surface area contributed by atoms with Gasteiger partial charge in [0, 0.05) is 5.92 Å². The van der Waals surface area contributed by atoms with Crippen molar-refractivity contribution in [2.24, 2.45) is 5.73 Å². The van der Waals surface area contributed by atoms with Gasteiger partial charge in [0.25, 0.3) is 0 Å². The number of benzene rings is 2. The van der Waals surface area contributed by atoms with Crippen molar-refractivity contribution in [2.75, 3.05) is 20.8 Å². The maximum Gasteiger partial charge on any atom is 0.118 e. The lowest BCUT2D eigenvalue weighted by molar-refractivity contribution is 0.414. The van der Waals surface area contributed by atoms with E-state index in [0.717, 1.165) is 24.5 Å². The van der Waals surface area contributed by atoms with Crippen LogP contribution in [0, 0.1) is 0 Å². The summed E-state index contributed by atoms with van der Waals surface area (Å²) in [6, 6.07) is 17.0. The van der Waals surface area contributed by atoms with Crippen molar-refractivity contribution >= 4 is 0 Å². The molecule has 0 aliphatic rings.